The van der Waals surface area contributed by atoms with E-state index in [0.717, 1.165) is 22.4 Å². The molecule has 3 aromatic carbocycles. The normalized spacial score (nSPS) is 11.3. The van der Waals surface area contributed by atoms with E-state index < -0.39 is 31.9 Å². The van der Waals surface area contributed by atoms with Gasteiger partial charge in [0.15, 0.2) is 10.1 Å². The zero-order valence-corrected chi connectivity index (χ0v) is 49.9. The highest BCUT2D eigenvalue weighted by atomic mass is 32.2. The number of aliphatic imine (C=N–C) groups is 1. The van der Waals surface area contributed by atoms with E-state index in [4.69, 9.17) is 10.9 Å². The molecule has 0 radical (unpaired) electrons. The number of isocyanates is 1. The molecule has 8 aromatic rings. The van der Waals surface area contributed by atoms with E-state index in [1.54, 1.807) is 81.6 Å². The zero-order chi connectivity index (χ0) is 61.5. The number of primary sulfonamides is 1. The van der Waals surface area contributed by atoms with Crippen molar-refractivity contribution in [3.05, 3.63) is 168 Å². The lowest BCUT2D eigenvalue weighted by atomic mass is 9.94. The number of nitrogens with one attached hydrogen (secondary N) is 2. The number of sulfonamides is 2. The van der Waals surface area contributed by atoms with Crippen LogP contribution in [0.4, 0.5) is 35.0 Å². The van der Waals surface area contributed by atoms with Crippen molar-refractivity contribution in [3.8, 4) is 33.4 Å². The van der Waals surface area contributed by atoms with Crippen molar-refractivity contribution < 1.29 is 39.6 Å². The number of amides is 2. The number of aryl methyl sites for hydroxylation is 2. The number of rotatable bonds is 15. The molecule has 0 spiro atoms. The molecule has 5 heterocycles. The third-order valence-corrected chi connectivity index (χ3v) is 14.2. The van der Waals surface area contributed by atoms with Crippen molar-refractivity contribution in [2.75, 3.05) is 39.2 Å². The predicted molar refractivity (Wildman–Crippen MR) is 315 cm³/mol. The number of carbonyl (C=O) groups is 1. The average Bonchev–Trinajstić information content (AvgIpc) is 4.16. The van der Waals surface area contributed by atoms with Gasteiger partial charge in [0, 0.05) is 116 Å². The number of urea groups is 1. The van der Waals surface area contributed by atoms with Crippen LogP contribution in [-0.2, 0) is 52.0 Å². The van der Waals surface area contributed by atoms with Crippen LogP contribution in [0.1, 0.15) is 87.4 Å². The monoisotopic (exact) mass is 1180 g/mol. The first-order valence-electron chi connectivity index (χ1n) is 25.8. The first-order chi connectivity index (χ1) is 39.0. The highest BCUT2D eigenvalue weighted by Crippen LogP contribution is 2.39. The largest absolute Gasteiger partial charge is 0.398 e. The lowest BCUT2D eigenvalue weighted by molar-refractivity contribution is 0.256. The van der Waals surface area contributed by atoms with Crippen LogP contribution in [-0.4, -0.2) is 101 Å². The summed E-state index contributed by atoms with van der Waals surface area (Å²) >= 11 is 0. The summed E-state index contributed by atoms with van der Waals surface area (Å²) in [6.45, 7) is 12.6. The first-order valence-corrected chi connectivity index (χ1v) is 28.8. The quantitative estimate of drug-likeness (QED) is 0.0423. The summed E-state index contributed by atoms with van der Waals surface area (Å²) in [4.78, 5) is 43.0. The minimum Gasteiger partial charge on any atom is -0.398 e. The summed E-state index contributed by atoms with van der Waals surface area (Å²) in [6.07, 6.45) is 11.3. The van der Waals surface area contributed by atoms with Crippen LogP contribution < -0.4 is 20.9 Å². The zero-order valence-electron chi connectivity index (χ0n) is 48.2. The minimum absolute atomic E-state index is 0.0539. The second-order valence-corrected chi connectivity index (χ2v) is 23.6. The van der Waals surface area contributed by atoms with Crippen LogP contribution in [0.2, 0.25) is 0 Å². The molecule has 0 unspecified atom stereocenters. The Hall–Kier alpha value is -8.45. The molecule has 2 amide bonds. The lowest BCUT2D eigenvalue weighted by Crippen LogP contribution is -2.35. The maximum atomic E-state index is 14.4. The third kappa shape index (κ3) is 18.3. The van der Waals surface area contributed by atoms with Gasteiger partial charge in [-0.1, -0.05) is 59.7 Å². The maximum absolute atomic E-state index is 14.4. The number of benzene rings is 3. The Morgan fingerprint density at radius 1 is 0.627 bits per heavy atom. The molecule has 20 nitrogen and oxygen atoms in total. The number of aromatic nitrogens is 7. The molecule has 83 heavy (non-hydrogen) atoms. The van der Waals surface area contributed by atoms with Gasteiger partial charge in [-0.2, -0.15) is 23.6 Å². The number of halogens is 3. The Morgan fingerprint density at radius 3 is 1.46 bits per heavy atom. The van der Waals surface area contributed by atoms with Crippen molar-refractivity contribution in [2.45, 2.75) is 82.4 Å². The molecule has 6 N–H and O–H groups in total. The topological polar surface area (TPSA) is 272 Å². The molecule has 0 aliphatic rings. The number of nitrogens with zero attached hydrogens (tertiary/aromatic N) is 10. The molecule has 5 aromatic heterocycles. The van der Waals surface area contributed by atoms with Gasteiger partial charge in [-0.15, -0.1) is 0 Å². The minimum atomic E-state index is -4.23. The van der Waals surface area contributed by atoms with Crippen molar-refractivity contribution >= 4 is 49.2 Å². The SMILES string of the molecule is CC(C)c1cc(F)cc(-c2cccnc2)c1N.CC(C)c1cc(F)cc(-c2cccnc2)c1N=C=O.CC(C)c1cc(F)cc(-c2cccnc2)c1NC(=O)NS(=O)(=O)c1cc(CN(C)C)n(C)n1.CN(C)Cc1cc(S(N)(=O)=O)nn1C. The summed E-state index contributed by atoms with van der Waals surface area (Å²) in [6, 6.07) is 20.9. The van der Waals surface area contributed by atoms with Crippen LogP contribution in [0, 0.1) is 17.5 Å². The first kappa shape index (κ1) is 65.4. The molecule has 0 atom stereocenters. The molecule has 0 saturated heterocycles. The average molecular weight is 1180 g/mol. The van der Waals surface area contributed by atoms with Crippen molar-refractivity contribution in [2.24, 2.45) is 24.2 Å². The van der Waals surface area contributed by atoms with Gasteiger partial charge in [-0.05, 0) is 117 Å². The van der Waals surface area contributed by atoms with Crippen LogP contribution >= 0.6 is 0 Å². The second-order valence-electron chi connectivity index (χ2n) is 20.4. The van der Waals surface area contributed by atoms with E-state index in [9.17, 15) is 39.6 Å². The van der Waals surface area contributed by atoms with E-state index in [0.29, 0.717) is 69.2 Å². The van der Waals surface area contributed by atoms with Gasteiger partial charge >= 0.3 is 6.03 Å². The standard InChI is InChI=1S/C22H27FN6O3S.C15H13FN2O.C14H15FN2.C7H14N4O2S/c1-14(2)18-9-16(23)10-19(15-7-6-8-24-12-15)21(18)25-22(30)27-33(31,32)20-11-17(13-28(3)4)29(5)26-20;1-10(2)13-6-12(16)7-14(15(13)18-9-19)11-4-3-5-17-8-11;1-9(2)12-6-11(15)7-13(14(12)16)10-4-3-5-17-8-10;1-10(2)5-6-4-7(9-11(6)3)14(8,12)13/h6-12,14H,13H2,1-5H3,(H2,25,27,30);3-8,10H,1-2H3;3-9H,16H2,1-2H3;4H,5H2,1-3H3,(H2,8,12,13). The van der Waals surface area contributed by atoms with E-state index in [1.807, 2.05) is 96.4 Å². The van der Waals surface area contributed by atoms with Gasteiger partial charge in [0.1, 0.15) is 17.5 Å². The fourth-order valence-electron chi connectivity index (χ4n) is 8.30. The Bertz CT molecular complexity index is 3780. The molecule has 0 fully saturated rings. The van der Waals surface area contributed by atoms with E-state index in [-0.39, 0.29) is 39.4 Å². The molecule has 0 saturated carbocycles. The van der Waals surface area contributed by atoms with Crippen molar-refractivity contribution in [1.29, 1.82) is 0 Å². The van der Waals surface area contributed by atoms with Gasteiger partial charge < -0.3 is 20.9 Å². The predicted octanol–water partition coefficient (Wildman–Crippen LogP) is 10.0. The van der Waals surface area contributed by atoms with Gasteiger partial charge in [-0.25, -0.2) is 41.0 Å². The number of nitrogens with two attached hydrogens (primary N) is 2. The molecule has 0 aliphatic heterocycles. The fourth-order valence-corrected chi connectivity index (χ4v) is 9.76. The van der Waals surface area contributed by atoms with Gasteiger partial charge in [0.05, 0.1) is 22.8 Å². The molecular formula is C58H69F3N14O6S2. The van der Waals surface area contributed by atoms with Crippen LogP contribution in [0.5, 0.6) is 0 Å². The molecular weight excluding hydrogens is 1110 g/mol. The van der Waals surface area contributed by atoms with Crippen molar-refractivity contribution in [3.63, 3.8) is 0 Å². The van der Waals surface area contributed by atoms with E-state index in [1.165, 1.54) is 57.9 Å². The van der Waals surface area contributed by atoms with Crippen LogP contribution in [0.3, 0.4) is 0 Å². The van der Waals surface area contributed by atoms with Gasteiger partial charge in [-0.3, -0.25) is 24.3 Å². The molecule has 8 rings (SSSR count). The van der Waals surface area contributed by atoms with Crippen molar-refractivity contribution in [1.82, 2.24) is 49.0 Å². The summed E-state index contributed by atoms with van der Waals surface area (Å²) in [5.74, 6) is -0.987. The van der Waals surface area contributed by atoms with Crippen LogP contribution in [0.15, 0.2) is 137 Å². The van der Waals surface area contributed by atoms with Crippen LogP contribution in [0.25, 0.3) is 33.4 Å². The number of nitrogen functional groups attached to an aromatic ring is 1. The smallest absolute Gasteiger partial charge is 0.333 e. The summed E-state index contributed by atoms with van der Waals surface area (Å²) in [7, 11) is 2.88. The molecule has 25 heteroatoms. The van der Waals surface area contributed by atoms with E-state index >= 15 is 0 Å². The highest BCUT2D eigenvalue weighted by Gasteiger charge is 2.25. The second kappa shape index (κ2) is 29.0. The Kier molecular flexibility index (Phi) is 22.8. The summed E-state index contributed by atoms with van der Waals surface area (Å²) in [5, 5.41) is 15.0. The third-order valence-electron chi connectivity index (χ3n) is 12.3. The Labute approximate surface area is 482 Å². The molecule has 440 valence electrons. The molecule has 0 bridgehead atoms. The number of hydrogen-bond donors (Lipinski definition) is 4. The van der Waals surface area contributed by atoms with Gasteiger partial charge in [0.2, 0.25) is 6.08 Å². The summed E-state index contributed by atoms with van der Waals surface area (Å²) in [5.41, 5.74) is 14.8. The van der Waals surface area contributed by atoms with E-state index in [2.05, 4.69) is 35.5 Å². The Morgan fingerprint density at radius 2 is 1.04 bits per heavy atom. The maximum Gasteiger partial charge on any atom is 0.333 e. The summed E-state index contributed by atoms with van der Waals surface area (Å²) < 4.78 is 94.1. The number of hydrogen-bond acceptors (Lipinski definition) is 15. The fraction of sp³-hybridized carbons (Fsp3) is 0.293. The van der Waals surface area contributed by atoms with Gasteiger partial charge in [0.25, 0.3) is 20.0 Å². The Balaban J connectivity index is 0.000000216. The highest BCUT2D eigenvalue weighted by molar-refractivity contribution is 7.90. The number of pyridine rings is 3. The number of carbonyl (C=O) groups excluding carboxylic acids is 2. The number of anilines is 2. The lowest BCUT2D eigenvalue weighted by Gasteiger charge is -2.19. The molecule has 0 aliphatic carbocycles.